The van der Waals surface area contributed by atoms with Crippen molar-refractivity contribution in [3.8, 4) is 0 Å². The van der Waals surface area contributed by atoms with Crippen LogP contribution in [0.5, 0.6) is 0 Å². The summed E-state index contributed by atoms with van der Waals surface area (Å²) in [6.07, 6.45) is 5.27. The molecule has 0 radical (unpaired) electrons. The molecule has 1 aliphatic heterocycles. The Morgan fingerprint density at radius 3 is 3.00 bits per heavy atom. The molecule has 1 amide bonds. The Bertz CT molecular complexity index is 545. The lowest BCUT2D eigenvalue weighted by atomic mass is 10.2. The van der Waals surface area contributed by atoms with Crippen molar-refractivity contribution in [3.63, 3.8) is 0 Å². The van der Waals surface area contributed by atoms with Crippen molar-refractivity contribution in [2.45, 2.75) is 13.0 Å². The topological polar surface area (TPSA) is 79.8 Å². The number of amides is 1. The number of carbonyl (C=O) groups is 1. The summed E-state index contributed by atoms with van der Waals surface area (Å²) >= 11 is 1.51. The van der Waals surface area contributed by atoms with Gasteiger partial charge in [-0.25, -0.2) is 15.0 Å². The second kappa shape index (κ2) is 4.79. The average molecular weight is 261 g/mol. The van der Waals surface area contributed by atoms with E-state index in [-0.39, 0.29) is 5.91 Å². The minimum absolute atomic E-state index is 0.227. The van der Waals surface area contributed by atoms with Gasteiger partial charge in [0.15, 0.2) is 5.13 Å². The van der Waals surface area contributed by atoms with Gasteiger partial charge in [0.2, 0.25) is 0 Å². The molecule has 0 fully saturated rings. The Kier molecular flexibility index (Phi) is 2.99. The number of thiazole rings is 1. The molecule has 0 saturated carbocycles. The third-order valence-electron chi connectivity index (χ3n) is 2.65. The molecule has 7 heteroatoms. The Morgan fingerprint density at radius 2 is 2.22 bits per heavy atom. The van der Waals surface area contributed by atoms with Crippen LogP contribution in [0.3, 0.4) is 0 Å². The van der Waals surface area contributed by atoms with Crippen LogP contribution >= 0.6 is 11.3 Å². The second-order valence-electron chi connectivity index (χ2n) is 3.90. The molecule has 0 atom stereocenters. The van der Waals surface area contributed by atoms with Crippen LogP contribution in [0.25, 0.3) is 0 Å². The highest BCUT2D eigenvalue weighted by atomic mass is 32.1. The number of fused-ring (bicyclic) bond motifs is 1. The van der Waals surface area contributed by atoms with Crippen LogP contribution in [0.15, 0.2) is 18.7 Å². The summed E-state index contributed by atoms with van der Waals surface area (Å²) < 4.78 is 0. The number of nitrogens with zero attached hydrogens (tertiary/aromatic N) is 3. The Balaban J connectivity index is 1.77. The zero-order chi connectivity index (χ0) is 12.4. The molecule has 1 aliphatic rings. The number of hydrogen-bond donors (Lipinski definition) is 2. The third kappa shape index (κ3) is 2.22. The molecule has 3 rings (SSSR count). The molecule has 2 N–H and O–H groups in total. The highest BCUT2D eigenvalue weighted by Gasteiger charge is 2.16. The molecule has 0 aliphatic carbocycles. The molecule has 0 saturated heterocycles. The molecule has 0 unspecified atom stereocenters. The van der Waals surface area contributed by atoms with Crippen LogP contribution in [0.2, 0.25) is 0 Å². The van der Waals surface area contributed by atoms with E-state index in [9.17, 15) is 4.79 Å². The van der Waals surface area contributed by atoms with Gasteiger partial charge in [-0.2, -0.15) is 0 Å². The first kappa shape index (κ1) is 11.2. The van der Waals surface area contributed by atoms with Crippen molar-refractivity contribution in [2.75, 3.05) is 11.9 Å². The quantitative estimate of drug-likeness (QED) is 0.837. The summed E-state index contributed by atoms with van der Waals surface area (Å²) in [6, 6.07) is 0. The van der Waals surface area contributed by atoms with Crippen molar-refractivity contribution in [2.24, 2.45) is 0 Å². The maximum Gasteiger partial charge on any atom is 0.260 e. The second-order valence-corrected chi connectivity index (χ2v) is 4.98. The van der Waals surface area contributed by atoms with Gasteiger partial charge in [0.25, 0.3) is 5.91 Å². The predicted molar refractivity (Wildman–Crippen MR) is 67.5 cm³/mol. The fourth-order valence-electron chi connectivity index (χ4n) is 1.76. The SMILES string of the molecule is O=C(Nc1nc2c(s1)CNCC2)c1cncnc1. The van der Waals surface area contributed by atoms with Crippen molar-refractivity contribution in [1.82, 2.24) is 20.3 Å². The molecule has 0 aromatic carbocycles. The van der Waals surface area contributed by atoms with Crippen LogP contribution in [-0.4, -0.2) is 27.4 Å². The van der Waals surface area contributed by atoms with Crippen LogP contribution < -0.4 is 10.6 Å². The van der Waals surface area contributed by atoms with Gasteiger partial charge in [0.1, 0.15) is 6.33 Å². The first-order valence-electron chi connectivity index (χ1n) is 5.58. The molecule has 92 valence electrons. The fraction of sp³-hybridized carbons (Fsp3) is 0.273. The lowest BCUT2D eigenvalue weighted by Gasteiger charge is -2.09. The van der Waals surface area contributed by atoms with Crippen molar-refractivity contribution >= 4 is 22.4 Å². The van der Waals surface area contributed by atoms with Gasteiger partial charge in [0.05, 0.1) is 11.3 Å². The van der Waals surface area contributed by atoms with Crippen molar-refractivity contribution < 1.29 is 4.79 Å². The molecule has 2 aromatic rings. The van der Waals surface area contributed by atoms with Crippen LogP contribution in [0, 0.1) is 0 Å². The van der Waals surface area contributed by atoms with E-state index in [0.717, 1.165) is 25.2 Å². The summed E-state index contributed by atoms with van der Waals surface area (Å²) in [5.74, 6) is -0.227. The van der Waals surface area contributed by atoms with E-state index in [1.165, 1.54) is 34.9 Å². The third-order valence-corrected chi connectivity index (χ3v) is 3.66. The van der Waals surface area contributed by atoms with Gasteiger partial charge in [0, 0.05) is 36.8 Å². The van der Waals surface area contributed by atoms with E-state index in [1.54, 1.807) is 0 Å². The predicted octanol–water partition coefficient (Wildman–Crippen LogP) is 0.831. The Hall–Kier alpha value is -1.86. The number of rotatable bonds is 2. The minimum Gasteiger partial charge on any atom is -0.311 e. The summed E-state index contributed by atoms with van der Waals surface area (Å²) in [7, 11) is 0. The molecule has 3 heterocycles. The lowest BCUT2D eigenvalue weighted by molar-refractivity contribution is 0.102. The van der Waals surface area contributed by atoms with Crippen LogP contribution in [0.1, 0.15) is 20.9 Å². The first-order valence-corrected chi connectivity index (χ1v) is 6.40. The molecular formula is C11H11N5OS. The standard InChI is InChI=1S/C11H11N5OS/c17-10(7-3-13-6-14-4-7)16-11-15-8-1-2-12-5-9(8)18-11/h3-4,6,12H,1-2,5H2,(H,15,16,17). The number of nitrogens with one attached hydrogen (secondary N) is 2. The molecule has 18 heavy (non-hydrogen) atoms. The smallest absolute Gasteiger partial charge is 0.260 e. The average Bonchev–Trinajstić information content (AvgIpc) is 2.82. The zero-order valence-electron chi connectivity index (χ0n) is 9.51. The number of anilines is 1. The van der Waals surface area contributed by atoms with Gasteiger partial charge >= 0.3 is 0 Å². The molecule has 6 nitrogen and oxygen atoms in total. The minimum atomic E-state index is -0.227. The number of hydrogen-bond acceptors (Lipinski definition) is 6. The van der Waals surface area contributed by atoms with E-state index in [2.05, 4.69) is 25.6 Å². The fourth-order valence-corrected chi connectivity index (χ4v) is 2.74. The maximum atomic E-state index is 11.9. The maximum absolute atomic E-state index is 11.9. The normalized spacial score (nSPS) is 14.0. The largest absolute Gasteiger partial charge is 0.311 e. The first-order chi connectivity index (χ1) is 8.83. The van der Waals surface area contributed by atoms with E-state index in [0.29, 0.717) is 10.7 Å². The molecule has 2 aromatic heterocycles. The summed E-state index contributed by atoms with van der Waals surface area (Å²) in [6.45, 7) is 1.77. The summed E-state index contributed by atoms with van der Waals surface area (Å²) in [5.41, 5.74) is 1.52. The van der Waals surface area contributed by atoms with Crippen LogP contribution in [-0.2, 0) is 13.0 Å². The van der Waals surface area contributed by atoms with Gasteiger partial charge in [-0.15, -0.1) is 11.3 Å². The zero-order valence-corrected chi connectivity index (χ0v) is 10.3. The monoisotopic (exact) mass is 261 g/mol. The van der Waals surface area contributed by atoms with Crippen molar-refractivity contribution in [3.05, 3.63) is 34.9 Å². The van der Waals surface area contributed by atoms with E-state index in [4.69, 9.17) is 0 Å². The lowest BCUT2D eigenvalue weighted by Crippen LogP contribution is -2.22. The molecule has 0 bridgehead atoms. The highest BCUT2D eigenvalue weighted by Crippen LogP contribution is 2.25. The van der Waals surface area contributed by atoms with Crippen molar-refractivity contribution in [1.29, 1.82) is 0 Å². The number of aromatic nitrogens is 3. The van der Waals surface area contributed by atoms with Crippen LogP contribution in [0.4, 0.5) is 5.13 Å². The number of carbonyl (C=O) groups excluding carboxylic acids is 1. The Labute approximate surface area is 108 Å². The molecular weight excluding hydrogens is 250 g/mol. The van der Waals surface area contributed by atoms with E-state index >= 15 is 0 Å². The summed E-state index contributed by atoms with van der Waals surface area (Å²) in [4.78, 5) is 25.1. The molecule has 0 spiro atoms. The Morgan fingerprint density at radius 1 is 1.39 bits per heavy atom. The van der Waals surface area contributed by atoms with E-state index in [1.807, 2.05) is 0 Å². The van der Waals surface area contributed by atoms with Gasteiger partial charge < -0.3 is 5.32 Å². The van der Waals surface area contributed by atoms with Gasteiger partial charge in [-0.05, 0) is 0 Å². The summed E-state index contributed by atoms with van der Waals surface area (Å²) in [5, 5.41) is 6.69. The van der Waals surface area contributed by atoms with Gasteiger partial charge in [-0.3, -0.25) is 10.1 Å². The van der Waals surface area contributed by atoms with E-state index < -0.39 is 0 Å². The highest BCUT2D eigenvalue weighted by molar-refractivity contribution is 7.15. The van der Waals surface area contributed by atoms with Gasteiger partial charge in [-0.1, -0.05) is 0 Å².